The molecule has 4 heteroatoms. The number of aryl methyl sites for hydroxylation is 1. The molecule has 0 fully saturated rings. The van der Waals surface area contributed by atoms with Crippen LogP contribution in [0.15, 0.2) is 15.9 Å². The lowest BCUT2D eigenvalue weighted by atomic mass is 10.0. The molecular weight excluding hydrogens is 214 g/mol. The molecule has 0 amide bonds. The van der Waals surface area contributed by atoms with Crippen LogP contribution >= 0.6 is 24.4 Å². The highest BCUT2D eigenvalue weighted by molar-refractivity contribution is 7.99. The Bertz CT molecular complexity index is 273. The summed E-state index contributed by atoms with van der Waals surface area (Å²) < 4.78 is 5.27. The van der Waals surface area contributed by atoms with Gasteiger partial charge >= 0.3 is 0 Å². The first-order chi connectivity index (χ1) is 6.63. The van der Waals surface area contributed by atoms with Crippen molar-refractivity contribution in [3.05, 3.63) is 12.0 Å². The molecule has 14 heavy (non-hydrogen) atoms. The smallest absolute Gasteiger partial charge is 0.255 e. The van der Waals surface area contributed by atoms with E-state index >= 15 is 0 Å². The average molecular weight is 231 g/mol. The summed E-state index contributed by atoms with van der Waals surface area (Å²) in [4.78, 5) is 4.25. The molecule has 1 aromatic rings. The van der Waals surface area contributed by atoms with Crippen LogP contribution in [0.3, 0.4) is 0 Å². The second-order valence-electron chi connectivity index (χ2n) is 3.75. The van der Waals surface area contributed by atoms with Gasteiger partial charge < -0.3 is 4.42 Å². The standard InChI is InChI=1S/C10H17NOS2/c1-7(2)9(5-13)6-14-10-11-8(3)4-12-10/h4,7,9,13H,5-6H2,1-3H3. The van der Waals surface area contributed by atoms with Crippen LogP contribution in [0.5, 0.6) is 0 Å². The summed E-state index contributed by atoms with van der Waals surface area (Å²) in [6, 6.07) is 0. The van der Waals surface area contributed by atoms with E-state index < -0.39 is 0 Å². The maximum atomic E-state index is 5.27. The van der Waals surface area contributed by atoms with E-state index in [9.17, 15) is 0 Å². The monoisotopic (exact) mass is 231 g/mol. The first-order valence-corrected chi connectivity index (χ1v) is 6.41. The SMILES string of the molecule is Cc1coc(SCC(CS)C(C)C)n1. The molecule has 2 nitrogen and oxygen atoms in total. The van der Waals surface area contributed by atoms with E-state index in [1.165, 1.54) is 0 Å². The first-order valence-electron chi connectivity index (χ1n) is 4.79. The van der Waals surface area contributed by atoms with Gasteiger partial charge in [-0.15, -0.1) is 0 Å². The number of oxazole rings is 1. The zero-order valence-electron chi connectivity index (χ0n) is 8.86. The van der Waals surface area contributed by atoms with Crippen LogP contribution < -0.4 is 0 Å². The lowest BCUT2D eigenvalue weighted by Crippen LogP contribution is -2.13. The minimum atomic E-state index is 0.621. The van der Waals surface area contributed by atoms with Crippen molar-refractivity contribution in [3.8, 4) is 0 Å². The molecule has 0 bridgehead atoms. The van der Waals surface area contributed by atoms with Crippen LogP contribution in [0.25, 0.3) is 0 Å². The Kier molecular flexibility index (Phi) is 4.89. The second kappa shape index (κ2) is 5.71. The van der Waals surface area contributed by atoms with E-state index in [-0.39, 0.29) is 0 Å². The number of thioether (sulfide) groups is 1. The fourth-order valence-electron chi connectivity index (χ4n) is 1.03. The number of hydrogen-bond donors (Lipinski definition) is 1. The Morgan fingerprint density at radius 3 is 2.71 bits per heavy atom. The quantitative estimate of drug-likeness (QED) is 0.622. The van der Waals surface area contributed by atoms with Crippen molar-refractivity contribution >= 4 is 24.4 Å². The molecule has 0 spiro atoms. The molecule has 0 saturated heterocycles. The van der Waals surface area contributed by atoms with Crippen LogP contribution in [0.4, 0.5) is 0 Å². The van der Waals surface area contributed by atoms with Crippen LogP contribution in [0.1, 0.15) is 19.5 Å². The van der Waals surface area contributed by atoms with Crippen molar-refractivity contribution in [3.63, 3.8) is 0 Å². The first kappa shape index (κ1) is 12.0. The van der Waals surface area contributed by atoms with E-state index in [1.54, 1.807) is 18.0 Å². The molecule has 1 heterocycles. The van der Waals surface area contributed by atoms with Crippen molar-refractivity contribution in [2.45, 2.75) is 26.0 Å². The molecule has 0 radical (unpaired) electrons. The molecule has 0 saturated carbocycles. The highest BCUT2D eigenvalue weighted by atomic mass is 32.2. The molecule has 80 valence electrons. The van der Waals surface area contributed by atoms with Gasteiger partial charge in [-0.05, 0) is 24.5 Å². The third-order valence-electron chi connectivity index (χ3n) is 2.20. The number of nitrogens with zero attached hydrogens (tertiary/aromatic N) is 1. The molecular formula is C10H17NOS2. The van der Waals surface area contributed by atoms with Gasteiger partial charge in [-0.25, -0.2) is 4.98 Å². The lowest BCUT2D eigenvalue weighted by Gasteiger charge is -2.16. The largest absolute Gasteiger partial charge is 0.440 e. The summed E-state index contributed by atoms with van der Waals surface area (Å²) in [7, 11) is 0. The van der Waals surface area contributed by atoms with E-state index in [4.69, 9.17) is 4.42 Å². The Morgan fingerprint density at radius 2 is 2.29 bits per heavy atom. The van der Waals surface area contributed by atoms with Crippen LogP contribution in [-0.4, -0.2) is 16.5 Å². The maximum Gasteiger partial charge on any atom is 0.255 e. The predicted octanol–water partition coefficient (Wildman–Crippen LogP) is 3.28. The van der Waals surface area contributed by atoms with Gasteiger partial charge in [0.2, 0.25) is 0 Å². The summed E-state index contributed by atoms with van der Waals surface area (Å²) in [5.41, 5.74) is 0.944. The third kappa shape index (κ3) is 3.58. The van der Waals surface area contributed by atoms with Gasteiger partial charge in [0, 0.05) is 5.75 Å². The third-order valence-corrected chi connectivity index (χ3v) is 3.69. The molecule has 0 aliphatic rings. The number of thiol groups is 1. The van der Waals surface area contributed by atoms with Gasteiger partial charge in [-0.2, -0.15) is 12.6 Å². The Morgan fingerprint density at radius 1 is 1.57 bits per heavy atom. The fraction of sp³-hybridized carbons (Fsp3) is 0.700. The number of rotatable bonds is 5. The second-order valence-corrected chi connectivity index (χ2v) is 5.09. The Balaban J connectivity index is 2.39. The topological polar surface area (TPSA) is 26.0 Å². The molecule has 1 rings (SSSR count). The van der Waals surface area contributed by atoms with Crippen molar-refractivity contribution < 1.29 is 4.42 Å². The van der Waals surface area contributed by atoms with Gasteiger partial charge in [0.05, 0.1) is 5.69 Å². The zero-order chi connectivity index (χ0) is 10.6. The molecule has 1 aromatic heterocycles. The maximum absolute atomic E-state index is 5.27. The van der Waals surface area contributed by atoms with Gasteiger partial charge in [0.25, 0.3) is 5.22 Å². The molecule has 0 aromatic carbocycles. The number of aromatic nitrogens is 1. The molecule has 0 aliphatic carbocycles. The van der Waals surface area contributed by atoms with Crippen LogP contribution in [0, 0.1) is 18.8 Å². The molecule has 0 aliphatic heterocycles. The average Bonchev–Trinajstić information content (AvgIpc) is 2.52. The van der Waals surface area contributed by atoms with Crippen molar-refractivity contribution in [1.82, 2.24) is 4.98 Å². The summed E-state index contributed by atoms with van der Waals surface area (Å²) in [6.45, 7) is 6.39. The van der Waals surface area contributed by atoms with Crippen LogP contribution in [0.2, 0.25) is 0 Å². The normalized spacial score (nSPS) is 13.5. The van der Waals surface area contributed by atoms with Gasteiger partial charge in [0.1, 0.15) is 6.26 Å². The number of hydrogen-bond acceptors (Lipinski definition) is 4. The van der Waals surface area contributed by atoms with Gasteiger partial charge in [0.15, 0.2) is 0 Å². The van der Waals surface area contributed by atoms with Crippen molar-refractivity contribution in [1.29, 1.82) is 0 Å². The minimum Gasteiger partial charge on any atom is -0.440 e. The fourth-order valence-corrected chi connectivity index (χ4v) is 2.94. The zero-order valence-corrected chi connectivity index (χ0v) is 10.6. The van der Waals surface area contributed by atoms with Crippen molar-refractivity contribution in [2.24, 2.45) is 11.8 Å². The molecule has 1 atom stereocenters. The molecule has 0 N–H and O–H groups in total. The van der Waals surface area contributed by atoms with E-state index in [1.807, 2.05) is 6.92 Å². The lowest BCUT2D eigenvalue weighted by molar-refractivity contribution is 0.446. The highest BCUT2D eigenvalue weighted by Gasteiger charge is 2.13. The van der Waals surface area contributed by atoms with E-state index in [0.29, 0.717) is 11.8 Å². The predicted molar refractivity (Wildman–Crippen MR) is 64.1 cm³/mol. The van der Waals surface area contributed by atoms with Crippen LogP contribution in [-0.2, 0) is 0 Å². The van der Waals surface area contributed by atoms with Gasteiger partial charge in [-0.1, -0.05) is 25.6 Å². The Labute approximate surface area is 95.3 Å². The molecule has 1 unspecified atom stereocenters. The minimum absolute atomic E-state index is 0.621. The summed E-state index contributed by atoms with van der Waals surface area (Å²) in [6.07, 6.45) is 1.69. The summed E-state index contributed by atoms with van der Waals surface area (Å²) >= 11 is 6.02. The summed E-state index contributed by atoms with van der Waals surface area (Å²) in [5, 5.41) is 0.773. The Hall–Kier alpha value is -0.0900. The highest BCUT2D eigenvalue weighted by Crippen LogP contribution is 2.24. The summed E-state index contributed by atoms with van der Waals surface area (Å²) in [5.74, 6) is 3.23. The van der Waals surface area contributed by atoms with E-state index in [2.05, 4.69) is 31.5 Å². The van der Waals surface area contributed by atoms with E-state index in [0.717, 1.165) is 22.4 Å². The van der Waals surface area contributed by atoms with Gasteiger partial charge in [-0.3, -0.25) is 0 Å². The van der Waals surface area contributed by atoms with Crippen molar-refractivity contribution in [2.75, 3.05) is 11.5 Å².